The molecule has 1 N–H and O–H groups in total. The number of fused-ring (bicyclic) bond motifs is 1. The summed E-state index contributed by atoms with van der Waals surface area (Å²) in [5, 5.41) is 2.72. The maximum absolute atomic E-state index is 12.8. The van der Waals surface area contributed by atoms with Crippen LogP contribution in [-0.2, 0) is 19.1 Å². The van der Waals surface area contributed by atoms with Crippen LogP contribution >= 0.6 is 0 Å². The van der Waals surface area contributed by atoms with Gasteiger partial charge in [-0.25, -0.2) is 14.8 Å². The summed E-state index contributed by atoms with van der Waals surface area (Å²) in [5.41, 5.74) is 0.128. The molecule has 140 valence electrons. The van der Waals surface area contributed by atoms with Crippen LogP contribution in [0.2, 0.25) is 0 Å². The molecule has 0 aliphatic carbocycles. The van der Waals surface area contributed by atoms with Gasteiger partial charge in [-0.05, 0) is 37.0 Å². The molecule has 2 aromatic heterocycles. The summed E-state index contributed by atoms with van der Waals surface area (Å²) < 4.78 is 39.9. The van der Waals surface area contributed by atoms with Gasteiger partial charge in [0.25, 0.3) is 0 Å². The van der Waals surface area contributed by atoms with E-state index in [4.69, 9.17) is 0 Å². The van der Waals surface area contributed by atoms with Crippen molar-refractivity contribution in [1.29, 1.82) is 0 Å². The van der Waals surface area contributed by atoms with E-state index in [0.29, 0.717) is 37.6 Å². The molecule has 3 rings (SSSR count). The first kappa shape index (κ1) is 18.2. The van der Waals surface area contributed by atoms with Crippen molar-refractivity contribution < 1.29 is 18.0 Å². The number of pyridine rings is 1. The first-order valence-electron chi connectivity index (χ1n) is 8.30. The second-order valence-corrected chi connectivity index (χ2v) is 6.63. The molecule has 0 bridgehead atoms. The van der Waals surface area contributed by atoms with Crippen LogP contribution in [0.3, 0.4) is 0 Å². The van der Waals surface area contributed by atoms with E-state index in [1.165, 1.54) is 4.90 Å². The highest BCUT2D eigenvalue weighted by atomic mass is 19.4. The molecule has 3 heterocycles. The van der Waals surface area contributed by atoms with Crippen molar-refractivity contribution in [3.05, 3.63) is 41.6 Å². The molecule has 0 saturated carbocycles. The van der Waals surface area contributed by atoms with Crippen molar-refractivity contribution in [3.63, 3.8) is 0 Å². The molecule has 26 heavy (non-hydrogen) atoms. The van der Waals surface area contributed by atoms with E-state index in [0.717, 1.165) is 11.8 Å². The molecule has 0 radical (unpaired) electrons. The number of nitrogens with zero attached hydrogens (tertiary/aromatic N) is 4. The van der Waals surface area contributed by atoms with Crippen molar-refractivity contribution in [1.82, 2.24) is 19.4 Å². The Morgan fingerprint density at radius 1 is 1.46 bits per heavy atom. The Kier molecular flexibility index (Phi) is 4.88. The summed E-state index contributed by atoms with van der Waals surface area (Å²) in [7, 11) is 1.66. The standard InChI is InChI=1S/C17H20F3N5O/c1-11-5-6-21-14(7-11)23-16(26)24(2)8-12-3-4-15-22-13(17(18,19)20)10-25(15)9-12/h5-7,10,12H,3-4,8-9H2,1-2H3,(H,21,23,26)/t12-/m1/s1. The molecule has 1 atom stereocenters. The number of alkyl halides is 3. The first-order valence-corrected chi connectivity index (χ1v) is 8.30. The zero-order chi connectivity index (χ0) is 18.9. The number of carbonyl (C=O) groups excluding carboxylic acids is 1. The maximum Gasteiger partial charge on any atom is 0.434 e. The number of urea groups is 1. The zero-order valence-electron chi connectivity index (χ0n) is 14.5. The molecule has 9 heteroatoms. The summed E-state index contributed by atoms with van der Waals surface area (Å²) in [6, 6.07) is 3.30. The maximum atomic E-state index is 12.8. The fourth-order valence-electron chi connectivity index (χ4n) is 3.08. The molecule has 2 aromatic rings. The van der Waals surface area contributed by atoms with Gasteiger partial charge in [0, 0.05) is 39.0 Å². The normalized spacial score (nSPS) is 16.9. The minimum absolute atomic E-state index is 0.0685. The molecule has 0 aromatic carbocycles. The van der Waals surface area contributed by atoms with Crippen LogP contribution < -0.4 is 5.32 Å². The number of amides is 2. The van der Waals surface area contributed by atoms with E-state index in [9.17, 15) is 18.0 Å². The van der Waals surface area contributed by atoms with Crippen LogP contribution in [0.5, 0.6) is 0 Å². The summed E-state index contributed by atoms with van der Waals surface area (Å²) in [6.45, 7) is 2.76. The van der Waals surface area contributed by atoms with Gasteiger partial charge in [-0.3, -0.25) is 5.32 Å². The lowest BCUT2D eigenvalue weighted by Gasteiger charge is -2.28. The second-order valence-electron chi connectivity index (χ2n) is 6.63. The molecule has 0 spiro atoms. The van der Waals surface area contributed by atoms with Gasteiger partial charge < -0.3 is 9.47 Å². The van der Waals surface area contributed by atoms with Crippen molar-refractivity contribution in [2.45, 2.75) is 32.5 Å². The largest absolute Gasteiger partial charge is 0.434 e. The average molecular weight is 367 g/mol. The third kappa shape index (κ3) is 4.14. The molecule has 0 unspecified atom stereocenters. The third-order valence-corrected chi connectivity index (χ3v) is 4.41. The lowest BCUT2D eigenvalue weighted by Crippen LogP contribution is -2.38. The summed E-state index contributed by atoms with van der Waals surface area (Å²) in [4.78, 5) is 21.6. The van der Waals surface area contributed by atoms with E-state index in [1.807, 2.05) is 13.0 Å². The monoisotopic (exact) mass is 367 g/mol. The van der Waals surface area contributed by atoms with Gasteiger partial charge in [0.15, 0.2) is 5.69 Å². The zero-order valence-corrected chi connectivity index (χ0v) is 14.5. The molecule has 1 aliphatic rings. The van der Waals surface area contributed by atoms with Gasteiger partial charge in [-0.2, -0.15) is 13.2 Å². The molecule has 0 saturated heterocycles. The number of nitrogens with one attached hydrogen (secondary N) is 1. The predicted molar refractivity (Wildman–Crippen MR) is 89.7 cm³/mol. The van der Waals surface area contributed by atoms with Crippen molar-refractivity contribution in [2.24, 2.45) is 5.92 Å². The van der Waals surface area contributed by atoms with E-state index >= 15 is 0 Å². The van der Waals surface area contributed by atoms with E-state index < -0.39 is 11.9 Å². The van der Waals surface area contributed by atoms with Gasteiger partial charge in [-0.1, -0.05) is 0 Å². The molecular weight excluding hydrogens is 347 g/mol. The predicted octanol–water partition coefficient (Wildman–Crippen LogP) is 3.33. The lowest BCUT2D eigenvalue weighted by atomic mass is 9.99. The van der Waals surface area contributed by atoms with Crippen molar-refractivity contribution in [3.8, 4) is 0 Å². The van der Waals surface area contributed by atoms with Crippen molar-refractivity contribution >= 4 is 11.8 Å². The number of aryl methyl sites for hydroxylation is 2. The van der Waals surface area contributed by atoms with Crippen LogP contribution in [-0.4, -0.2) is 39.1 Å². The first-order chi connectivity index (χ1) is 12.2. The highest BCUT2D eigenvalue weighted by molar-refractivity contribution is 5.88. The number of halogens is 3. The molecule has 0 fully saturated rings. The fourth-order valence-corrected chi connectivity index (χ4v) is 3.08. The van der Waals surface area contributed by atoms with Gasteiger partial charge in [-0.15, -0.1) is 0 Å². The highest BCUT2D eigenvalue weighted by Gasteiger charge is 2.36. The quantitative estimate of drug-likeness (QED) is 0.905. The minimum atomic E-state index is -4.43. The third-order valence-electron chi connectivity index (χ3n) is 4.41. The number of aromatic nitrogens is 3. The Morgan fingerprint density at radius 3 is 2.92 bits per heavy atom. The summed E-state index contributed by atoms with van der Waals surface area (Å²) in [6.07, 6.45) is -0.606. The summed E-state index contributed by atoms with van der Waals surface area (Å²) in [5.74, 6) is 0.987. The second kappa shape index (κ2) is 6.97. The number of carbonyl (C=O) groups is 1. The fraction of sp³-hybridized carbons (Fsp3) is 0.471. The Morgan fingerprint density at radius 2 is 2.23 bits per heavy atom. The molecule has 2 amide bonds. The topological polar surface area (TPSA) is 63.1 Å². The smallest absolute Gasteiger partial charge is 0.334 e. The number of anilines is 1. The Bertz CT molecular complexity index is 802. The number of hydrogen-bond acceptors (Lipinski definition) is 3. The minimum Gasteiger partial charge on any atom is -0.334 e. The Labute approximate surface area is 149 Å². The number of hydrogen-bond donors (Lipinski definition) is 1. The van der Waals surface area contributed by atoms with E-state index in [2.05, 4.69) is 15.3 Å². The lowest BCUT2D eigenvalue weighted by molar-refractivity contribution is -0.141. The van der Waals surface area contributed by atoms with Crippen LogP contribution in [0.15, 0.2) is 24.5 Å². The highest BCUT2D eigenvalue weighted by Crippen LogP contribution is 2.30. The van der Waals surface area contributed by atoms with Crippen LogP contribution in [0.1, 0.15) is 23.5 Å². The van der Waals surface area contributed by atoms with Gasteiger partial charge >= 0.3 is 12.2 Å². The molecular formula is C17H20F3N5O. The van der Waals surface area contributed by atoms with E-state index in [1.54, 1.807) is 23.9 Å². The van der Waals surface area contributed by atoms with Crippen LogP contribution in [0.4, 0.5) is 23.8 Å². The number of rotatable bonds is 3. The van der Waals surface area contributed by atoms with E-state index in [-0.39, 0.29) is 11.9 Å². The molecule has 1 aliphatic heterocycles. The van der Waals surface area contributed by atoms with Crippen LogP contribution in [0.25, 0.3) is 0 Å². The Hall–Kier alpha value is -2.58. The SMILES string of the molecule is Cc1ccnc(NC(=O)N(C)C[C@H]2CCc3nc(C(F)(F)F)cn3C2)c1. The summed E-state index contributed by atoms with van der Waals surface area (Å²) >= 11 is 0. The van der Waals surface area contributed by atoms with Crippen molar-refractivity contribution in [2.75, 3.05) is 18.9 Å². The van der Waals surface area contributed by atoms with Crippen LogP contribution in [0, 0.1) is 12.8 Å². The average Bonchev–Trinajstić information content (AvgIpc) is 2.98. The number of imidazole rings is 1. The Balaban J connectivity index is 1.59. The molecule has 6 nitrogen and oxygen atoms in total. The van der Waals surface area contributed by atoms with Gasteiger partial charge in [0.05, 0.1) is 0 Å². The van der Waals surface area contributed by atoms with Gasteiger partial charge in [0.2, 0.25) is 0 Å². The van der Waals surface area contributed by atoms with Gasteiger partial charge in [0.1, 0.15) is 11.6 Å².